The third kappa shape index (κ3) is 16.5. The van der Waals surface area contributed by atoms with Crippen molar-refractivity contribution in [2.45, 2.75) is 178 Å². The maximum Gasteiger partial charge on any atom is 0.407 e. The third-order valence-electron chi connectivity index (χ3n) is 20.5. The van der Waals surface area contributed by atoms with E-state index in [1.807, 2.05) is 48.5 Å². The van der Waals surface area contributed by atoms with Crippen LogP contribution in [0.5, 0.6) is 5.75 Å². The number of carbonyl (C=O) groups is 7. The van der Waals surface area contributed by atoms with Gasteiger partial charge in [0.05, 0.1) is 73.8 Å². The number of aromatic nitrogens is 5. The highest BCUT2D eigenvalue weighted by Gasteiger charge is 2.49. The zero-order valence-electron chi connectivity index (χ0n) is 60.1. The molecule has 4 aliphatic heterocycles. The van der Waals surface area contributed by atoms with E-state index in [4.69, 9.17) is 33.4 Å². The highest BCUT2D eigenvalue weighted by atomic mass is 19.1. The summed E-state index contributed by atoms with van der Waals surface area (Å²) < 4.78 is 51.9. The molecule has 574 valence electrons. The number of alkyl carbamates (subject to hydrolysis) is 1. The third-order valence-corrected chi connectivity index (χ3v) is 20.5. The van der Waals surface area contributed by atoms with Gasteiger partial charge in [-0.2, -0.15) is 0 Å². The first-order valence-electron chi connectivity index (χ1n) is 36.1. The Labute approximate surface area is 619 Å². The van der Waals surface area contributed by atoms with Crippen molar-refractivity contribution in [3.05, 3.63) is 145 Å². The molecule has 12 rings (SSSR count). The Kier molecular flexibility index (Phi) is 24.4. The number of rotatable bonds is 30. The minimum Gasteiger partial charge on any atom is -0.479 e. The molecule has 108 heavy (non-hydrogen) atoms. The molecule has 4 aromatic carbocycles. The number of pyridine rings is 2. The largest absolute Gasteiger partial charge is 0.479 e. The molecule has 0 saturated carbocycles. The normalized spacial score (nSPS) is 20.4. The van der Waals surface area contributed by atoms with E-state index in [1.165, 1.54) is 28.8 Å². The molecule has 1 aliphatic carbocycles. The predicted octanol–water partition coefficient (Wildman–Crippen LogP) is 4.02. The summed E-state index contributed by atoms with van der Waals surface area (Å²) in [5, 5.41) is 87.7. The first kappa shape index (κ1) is 77.5. The number of hydrogen-bond donors (Lipinski definition) is 11. The lowest BCUT2D eigenvalue weighted by Gasteiger charge is -2.38. The van der Waals surface area contributed by atoms with Crippen LogP contribution in [0, 0.1) is 12.7 Å². The molecule has 7 heterocycles. The fourth-order valence-corrected chi connectivity index (χ4v) is 14.6. The zero-order chi connectivity index (χ0) is 76.7. The van der Waals surface area contributed by atoms with Crippen molar-refractivity contribution in [2.24, 2.45) is 7.05 Å². The van der Waals surface area contributed by atoms with Crippen LogP contribution in [-0.4, -0.2) is 180 Å². The number of halogens is 1. The average molecular weight is 1490 g/mol. The number of carboxylic acid groups (broad SMARTS) is 1. The van der Waals surface area contributed by atoms with Crippen LogP contribution in [0.4, 0.5) is 14.9 Å². The summed E-state index contributed by atoms with van der Waals surface area (Å²) in [6.45, 7) is 3.55. The molecule has 1 fully saturated rings. The van der Waals surface area contributed by atoms with Crippen LogP contribution in [-0.2, 0) is 104 Å². The Morgan fingerprint density at radius 3 is 2.35 bits per heavy atom. The molecule has 7 aromatic rings. The molecule has 9 atom stereocenters. The minimum absolute atomic E-state index is 0.00175. The molecule has 6 amide bonds. The number of hydrogen-bond acceptors (Lipinski definition) is 22. The molecule has 5 aliphatic rings. The molecule has 0 radical (unpaired) electrons. The molecule has 0 spiro atoms. The van der Waals surface area contributed by atoms with Gasteiger partial charge in [0.25, 0.3) is 5.56 Å². The van der Waals surface area contributed by atoms with Gasteiger partial charge < -0.3 is 95.1 Å². The van der Waals surface area contributed by atoms with Crippen molar-refractivity contribution in [2.75, 3.05) is 44.9 Å². The summed E-state index contributed by atoms with van der Waals surface area (Å²) in [7, 11) is 3.34. The number of fused-ring (bicyclic) bond motifs is 10. The number of para-hydroxylation sites is 1. The number of methoxy groups -OCH3 is 1. The van der Waals surface area contributed by atoms with Gasteiger partial charge in [0, 0.05) is 104 Å². The molecule has 32 heteroatoms. The summed E-state index contributed by atoms with van der Waals surface area (Å²) in [4.78, 5) is 115. The van der Waals surface area contributed by atoms with Crippen molar-refractivity contribution in [3.63, 3.8) is 0 Å². The number of aryl methyl sites for hydroxylation is 2. The second kappa shape index (κ2) is 34.0. The Morgan fingerprint density at radius 1 is 0.796 bits per heavy atom. The van der Waals surface area contributed by atoms with Gasteiger partial charge in [0.2, 0.25) is 35.8 Å². The maximum absolute atomic E-state index is 15.7. The fraction of sp³-hybridized carbons (Fsp3) is 0.461. The number of ether oxygens (including phenoxy) is 6. The molecule has 1 saturated heterocycles. The van der Waals surface area contributed by atoms with Crippen molar-refractivity contribution >= 4 is 58.2 Å². The van der Waals surface area contributed by atoms with Crippen LogP contribution >= 0.6 is 0 Å². The number of carbonyl (C=O) groups excluding carboxylic acids is 6. The highest BCUT2D eigenvalue weighted by molar-refractivity contribution is 6.00. The summed E-state index contributed by atoms with van der Waals surface area (Å²) in [6, 6.07) is 20.6. The lowest BCUT2D eigenvalue weighted by atomic mass is 9.81. The van der Waals surface area contributed by atoms with E-state index in [0.29, 0.717) is 101 Å². The van der Waals surface area contributed by atoms with Gasteiger partial charge in [-0.1, -0.05) is 60.7 Å². The molecular weight excluding hydrogens is 1410 g/mol. The molecule has 0 bridgehead atoms. The van der Waals surface area contributed by atoms with Crippen LogP contribution in [0.3, 0.4) is 0 Å². The fourth-order valence-electron chi connectivity index (χ4n) is 14.6. The smallest absolute Gasteiger partial charge is 0.407 e. The van der Waals surface area contributed by atoms with Gasteiger partial charge in [0.1, 0.15) is 53.8 Å². The Bertz CT molecular complexity index is 4650. The quantitative estimate of drug-likeness (QED) is 0.0283. The van der Waals surface area contributed by atoms with Gasteiger partial charge >= 0.3 is 12.1 Å². The van der Waals surface area contributed by atoms with E-state index in [0.717, 1.165) is 22.4 Å². The summed E-state index contributed by atoms with van der Waals surface area (Å²) in [5.74, 6) is -4.32. The van der Waals surface area contributed by atoms with Gasteiger partial charge in [-0.15, -0.1) is 5.10 Å². The number of benzene rings is 4. The predicted molar refractivity (Wildman–Crippen MR) is 383 cm³/mol. The van der Waals surface area contributed by atoms with Crippen molar-refractivity contribution in [3.8, 4) is 39.7 Å². The average Bonchev–Trinajstić information content (AvgIpc) is 1.51. The van der Waals surface area contributed by atoms with Crippen molar-refractivity contribution in [1.29, 1.82) is 0 Å². The number of aliphatic hydroxyl groups excluding tert-OH is 4. The number of unbranched alkanes of at least 4 members (excludes halogenated alkanes) is 2. The molecule has 9 unspecified atom stereocenters. The zero-order valence-corrected chi connectivity index (χ0v) is 60.1. The summed E-state index contributed by atoms with van der Waals surface area (Å²) in [6.07, 6.45) is -10.3. The second-order valence-corrected chi connectivity index (χ2v) is 27.5. The first-order chi connectivity index (χ1) is 52.0. The summed E-state index contributed by atoms with van der Waals surface area (Å²) in [5.41, 5.74) is 6.25. The van der Waals surface area contributed by atoms with E-state index in [-0.39, 0.29) is 131 Å². The standard InChI is InChI=1S/C76H88FN11O20/c1-5-76(102)49-33-55-63-47(37-88(55)71(97)48(49)39-105-74(76)100)62-51(23-22-44-40(2)50(77)34-53(82-63)61(44)62)83-75(101)106-38-41-21-24-56(107-73-68(95)66(93)67(94)69(108-73)72(98)99)43(32-41)35-80-57(89)25-28-79-70(96)52(17-12-13-27-78-58(90)26-29-104-31-30-103-4)81-59(91)19-10-11-20-60(92)87-36-42-14-6-7-15-45(42)64-65(86(3)85-84-64)46-16-8-9-18-54(46)87/h6-9,14-16,18,21,24,32-34,51-52,66-69,73-74,93-95,100,102H,5,10-13,17,19-20,22-23,25-31,35-39H2,1-4H3,(H,78,90)(H,79,96)(H,80,89)(H,81,91)(H,83,101)(H,98,99). The molecule has 31 nitrogen and oxygen atoms in total. The van der Waals surface area contributed by atoms with Gasteiger partial charge in [0.15, 0.2) is 12.4 Å². The summed E-state index contributed by atoms with van der Waals surface area (Å²) >= 11 is 0. The number of aliphatic carboxylic acids is 1. The lowest BCUT2D eigenvalue weighted by Crippen LogP contribution is -2.61. The van der Waals surface area contributed by atoms with E-state index >= 15 is 4.39 Å². The Balaban J connectivity index is 0.697. The Morgan fingerprint density at radius 2 is 1.56 bits per heavy atom. The molecule has 3 aromatic heterocycles. The number of nitrogens with zero attached hydrogens (tertiary/aromatic N) is 6. The number of aliphatic hydroxyl groups is 5. The van der Waals surface area contributed by atoms with E-state index < -0.39 is 102 Å². The Hall–Kier alpha value is -10.2. The highest BCUT2D eigenvalue weighted by Crippen LogP contribution is 2.47. The second-order valence-electron chi connectivity index (χ2n) is 27.5. The molecular formula is C76H88FN11O20. The maximum atomic E-state index is 15.7. The van der Waals surface area contributed by atoms with Crippen molar-refractivity contribution in [1.82, 2.24) is 51.1 Å². The van der Waals surface area contributed by atoms with Crippen molar-refractivity contribution < 1.29 is 97.0 Å². The van der Waals surface area contributed by atoms with Crippen LogP contribution in [0.15, 0.2) is 83.7 Å². The number of carboxylic acids is 1. The SMILES string of the molecule is CCC1(O)c2cc3n(c(=O)c2COC1O)Cc1c-3nc2cc(F)c(C)c3c2c1C(NC(=O)OCc1ccc(OC2OC(C(=O)O)C(O)C(O)C2O)c(CNC(=O)CCNC(=O)C(CCCCNC(=O)CCOCCOC)NC(=O)CCCCC(=O)N2Cc4ccccc4-c4nnn(C)c4-c4ccccc42)c1)CC3. The van der Waals surface area contributed by atoms with E-state index in [2.05, 4.69) is 36.9 Å². The van der Waals surface area contributed by atoms with Gasteiger partial charge in [-0.25, -0.2) is 23.6 Å². The van der Waals surface area contributed by atoms with Crippen LogP contribution in [0.1, 0.15) is 134 Å². The minimum atomic E-state index is -2.04. The number of nitrogens with one attached hydrogen (secondary N) is 5. The van der Waals surface area contributed by atoms with Crippen LogP contribution < -0.4 is 41.8 Å². The monoisotopic (exact) mass is 1490 g/mol. The van der Waals surface area contributed by atoms with Gasteiger partial charge in [-0.05, 0) is 110 Å². The van der Waals surface area contributed by atoms with E-state index in [1.54, 1.807) is 43.7 Å². The first-order valence-corrected chi connectivity index (χ1v) is 36.1. The van der Waals surface area contributed by atoms with Gasteiger partial charge in [-0.3, -0.25) is 28.8 Å². The molecule has 11 N–H and O–H groups in total. The topological polar surface area (TPSA) is 425 Å². The number of amides is 6. The number of anilines is 1. The lowest BCUT2D eigenvalue weighted by molar-refractivity contribution is -0.271. The van der Waals surface area contributed by atoms with Crippen LogP contribution in [0.25, 0.3) is 44.8 Å². The van der Waals surface area contributed by atoms with E-state index in [9.17, 15) is 69.0 Å². The van der Waals surface area contributed by atoms with Crippen LogP contribution in [0.2, 0.25) is 0 Å².